The SMILES string of the molecule is C=C(NCCOC)c1cccc(-c2cccc3cc(Cc4ccc(F)c(F)c4)sc23)c1. The molecule has 0 saturated heterocycles. The monoisotopic (exact) mass is 435 g/mol. The second-order valence-corrected chi connectivity index (χ2v) is 8.48. The van der Waals surface area contributed by atoms with Gasteiger partial charge in [0, 0.05) is 35.3 Å². The number of hydrogen-bond donors (Lipinski definition) is 1. The molecule has 1 N–H and O–H groups in total. The van der Waals surface area contributed by atoms with Crippen molar-refractivity contribution in [3.8, 4) is 11.1 Å². The summed E-state index contributed by atoms with van der Waals surface area (Å²) in [5, 5.41) is 4.42. The lowest BCUT2D eigenvalue weighted by Gasteiger charge is -2.11. The molecule has 0 fully saturated rings. The molecule has 0 amide bonds. The van der Waals surface area contributed by atoms with Crippen LogP contribution in [0.15, 0.2) is 73.3 Å². The molecule has 1 heterocycles. The van der Waals surface area contributed by atoms with Crippen LogP contribution < -0.4 is 5.32 Å². The highest BCUT2D eigenvalue weighted by atomic mass is 32.1. The number of nitrogens with one attached hydrogen (secondary N) is 1. The van der Waals surface area contributed by atoms with Crippen LogP contribution >= 0.6 is 11.3 Å². The summed E-state index contributed by atoms with van der Waals surface area (Å²) in [5.41, 5.74) is 4.90. The fraction of sp³-hybridized carbons (Fsp3) is 0.154. The van der Waals surface area contributed by atoms with Crippen molar-refractivity contribution in [2.75, 3.05) is 20.3 Å². The molecule has 158 valence electrons. The van der Waals surface area contributed by atoms with E-state index < -0.39 is 11.6 Å². The van der Waals surface area contributed by atoms with Crippen LogP contribution in [0.5, 0.6) is 0 Å². The number of ether oxygens (including phenoxy) is 1. The lowest BCUT2D eigenvalue weighted by molar-refractivity contribution is 0.203. The van der Waals surface area contributed by atoms with E-state index in [0.717, 1.165) is 38.2 Å². The van der Waals surface area contributed by atoms with Crippen molar-refractivity contribution in [3.63, 3.8) is 0 Å². The Labute approximate surface area is 184 Å². The summed E-state index contributed by atoms with van der Waals surface area (Å²) in [6.07, 6.45) is 0.566. The Hall–Kier alpha value is -3.02. The zero-order valence-electron chi connectivity index (χ0n) is 17.3. The normalized spacial score (nSPS) is 11.1. The van der Waals surface area contributed by atoms with E-state index in [4.69, 9.17) is 4.74 Å². The Morgan fingerprint density at radius 1 is 1.00 bits per heavy atom. The third kappa shape index (κ3) is 4.84. The lowest BCUT2D eigenvalue weighted by atomic mass is 10.0. The van der Waals surface area contributed by atoms with Crippen LogP contribution in [0.25, 0.3) is 26.9 Å². The summed E-state index contributed by atoms with van der Waals surface area (Å²) < 4.78 is 33.1. The lowest BCUT2D eigenvalue weighted by Crippen LogP contribution is -2.16. The highest BCUT2D eigenvalue weighted by Gasteiger charge is 2.11. The summed E-state index contributed by atoms with van der Waals surface area (Å²) in [7, 11) is 1.67. The first kappa shape index (κ1) is 21.2. The molecule has 4 rings (SSSR count). The van der Waals surface area contributed by atoms with Gasteiger partial charge in [-0.05, 0) is 51.9 Å². The first-order valence-electron chi connectivity index (χ1n) is 10.0. The van der Waals surface area contributed by atoms with E-state index in [1.165, 1.54) is 16.8 Å². The molecule has 0 aliphatic rings. The quantitative estimate of drug-likeness (QED) is 0.313. The number of halogens is 2. The molecule has 0 saturated carbocycles. The van der Waals surface area contributed by atoms with Crippen LogP contribution in [0, 0.1) is 11.6 Å². The zero-order chi connectivity index (χ0) is 21.8. The van der Waals surface area contributed by atoms with Gasteiger partial charge in [-0.1, -0.05) is 49.0 Å². The fourth-order valence-corrected chi connectivity index (χ4v) is 4.79. The number of rotatable bonds is 8. The average molecular weight is 436 g/mol. The van der Waals surface area contributed by atoms with Gasteiger partial charge in [0.15, 0.2) is 11.6 Å². The van der Waals surface area contributed by atoms with Gasteiger partial charge >= 0.3 is 0 Å². The Morgan fingerprint density at radius 2 is 1.84 bits per heavy atom. The van der Waals surface area contributed by atoms with Crippen LogP contribution in [0.3, 0.4) is 0 Å². The molecule has 0 spiro atoms. The summed E-state index contributed by atoms with van der Waals surface area (Å²) in [6, 6.07) is 20.7. The van der Waals surface area contributed by atoms with Crippen molar-refractivity contribution in [2.24, 2.45) is 0 Å². The van der Waals surface area contributed by atoms with Gasteiger partial charge in [0.05, 0.1) is 6.61 Å². The third-order valence-electron chi connectivity index (χ3n) is 5.12. The van der Waals surface area contributed by atoms with Gasteiger partial charge in [-0.15, -0.1) is 11.3 Å². The smallest absolute Gasteiger partial charge is 0.159 e. The second kappa shape index (κ2) is 9.41. The first-order chi connectivity index (χ1) is 15.0. The number of methoxy groups -OCH3 is 1. The molecule has 31 heavy (non-hydrogen) atoms. The molecule has 4 aromatic rings. The van der Waals surface area contributed by atoms with Crippen LogP contribution in [0.1, 0.15) is 16.0 Å². The van der Waals surface area contributed by atoms with E-state index in [1.807, 2.05) is 18.2 Å². The van der Waals surface area contributed by atoms with Gasteiger partial charge < -0.3 is 10.1 Å². The largest absolute Gasteiger partial charge is 0.383 e. The number of benzene rings is 3. The van der Waals surface area contributed by atoms with E-state index in [0.29, 0.717) is 19.6 Å². The molecule has 0 aliphatic heterocycles. The van der Waals surface area contributed by atoms with Crippen molar-refractivity contribution in [1.82, 2.24) is 5.32 Å². The molecule has 0 atom stereocenters. The van der Waals surface area contributed by atoms with Gasteiger partial charge in [0.1, 0.15) is 0 Å². The number of fused-ring (bicyclic) bond motifs is 1. The van der Waals surface area contributed by atoms with Crippen molar-refractivity contribution >= 4 is 27.1 Å². The van der Waals surface area contributed by atoms with Gasteiger partial charge in [-0.25, -0.2) is 8.78 Å². The summed E-state index contributed by atoms with van der Waals surface area (Å²) in [6.45, 7) is 5.46. The summed E-state index contributed by atoms with van der Waals surface area (Å²) in [5.74, 6) is -1.63. The molecule has 1 aromatic heterocycles. The van der Waals surface area contributed by atoms with Crippen molar-refractivity contribution in [1.29, 1.82) is 0 Å². The molecule has 2 nitrogen and oxygen atoms in total. The molecule has 0 radical (unpaired) electrons. The number of thiophene rings is 1. The Bertz CT molecular complexity index is 1230. The summed E-state index contributed by atoms with van der Waals surface area (Å²) in [4.78, 5) is 1.11. The predicted molar refractivity (Wildman–Crippen MR) is 125 cm³/mol. The van der Waals surface area contributed by atoms with Crippen molar-refractivity contribution in [3.05, 3.63) is 101 Å². The Balaban J connectivity index is 1.63. The van der Waals surface area contributed by atoms with E-state index in [2.05, 4.69) is 42.2 Å². The van der Waals surface area contributed by atoms with Gasteiger partial charge in [0.25, 0.3) is 0 Å². The maximum atomic E-state index is 13.6. The molecule has 0 bridgehead atoms. The van der Waals surface area contributed by atoms with Crippen LogP contribution in [-0.4, -0.2) is 20.3 Å². The minimum absolute atomic E-state index is 0.566. The first-order valence-corrected chi connectivity index (χ1v) is 10.8. The third-order valence-corrected chi connectivity index (χ3v) is 6.31. The Kier molecular flexibility index (Phi) is 6.44. The summed E-state index contributed by atoms with van der Waals surface area (Å²) >= 11 is 1.68. The van der Waals surface area contributed by atoms with Crippen LogP contribution in [0.2, 0.25) is 0 Å². The molecule has 0 aliphatic carbocycles. The maximum absolute atomic E-state index is 13.6. The fourth-order valence-electron chi connectivity index (χ4n) is 3.56. The molecule has 5 heteroatoms. The molecular formula is C26H23F2NOS. The average Bonchev–Trinajstić information content (AvgIpc) is 3.19. The topological polar surface area (TPSA) is 21.3 Å². The van der Waals surface area contributed by atoms with E-state index in [-0.39, 0.29) is 0 Å². The Morgan fingerprint density at radius 3 is 2.65 bits per heavy atom. The van der Waals surface area contributed by atoms with Crippen molar-refractivity contribution in [2.45, 2.75) is 6.42 Å². The number of hydrogen-bond acceptors (Lipinski definition) is 3. The minimum Gasteiger partial charge on any atom is -0.383 e. The standard InChI is InChI=1S/C26H23F2NOS/c1-17(29-11-12-30-2)19-5-3-6-20(15-19)23-8-4-7-21-16-22(31-26(21)23)13-18-9-10-24(27)25(28)14-18/h3-10,14-16,29H,1,11-13H2,2H3. The predicted octanol–water partition coefficient (Wildman–Crippen LogP) is 6.64. The van der Waals surface area contributed by atoms with Gasteiger partial charge in [-0.3, -0.25) is 0 Å². The van der Waals surface area contributed by atoms with Crippen LogP contribution in [-0.2, 0) is 11.2 Å². The van der Waals surface area contributed by atoms with E-state index in [9.17, 15) is 8.78 Å². The molecule has 0 unspecified atom stereocenters. The maximum Gasteiger partial charge on any atom is 0.159 e. The highest BCUT2D eigenvalue weighted by molar-refractivity contribution is 7.19. The van der Waals surface area contributed by atoms with Crippen LogP contribution in [0.4, 0.5) is 8.78 Å². The van der Waals surface area contributed by atoms with Crippen molar-refractivity contribution < 1.29 is 13.5 Å². The minimum atomic E-state index is -0.819. The molecule has 3 aromatic carbocycles. The zero-order valence-corrected chi connectivity index (χ0v) is 18.1. The second-order valence-electron chi connectivity index (χ2n) is 7.34. The van der Waals surface area contributed by atoms with Gasteiger partial charge in [0.2, 0.25) is 0 Å². The van der Waals surface area contributed by atoms with Gasteiger partial charge in [-0.2, -0.15) is 0 Å². The highest BCUT2D eigenvalue weighted by Crippen LogP contribution is 2.36. The van der Waals surface area contributed by atoms with E-state index >= 15 is 0 Å². The van der Waals surface area contributed by atoms with E-state index in [1.54, 1.807) is 24.5 Å². The molecular weight excluding hydrogens is 412 g/mol.